The van der Waals surface area contributed by atoms with E-state index in [0.29, 0.717) is 5.56 Å². The second-order valence-electron chi connectivity index (χ2n) is 5.32. The molecule has 1 heterocycles. The molecule has 20 heavy (non-hydrogen) atoms. The van der Waals surface area contributed by atoms with Crippen LogP contribution in [0.4, 0.5) is 0 Å². The van der Waals surface area contributed by atoms with Crippen LogP contribution in [0.15, 0.2) is 18.2 Å². The molecule has 1 aliphatic heterocycles. The first-order valence-corrected chi connectivity index (χ1v) is 6.94. The molecule has 1 unspecified atom stereocenters. The first-order valence-electron chi connectivity index (χ1n) is 6.94. The Morgan fingerprint density at radius 1 is 1.55 bits per heavy atom. The molecule has 0 amide bonds. The van der Waals surface area contributed by atoms with Gasteiger partial charge in [-0.05, 0) is 44.5 Å². The predicted octanol–water partition coefficient (Wildman–Crippen LogP) is 2.37. The van der Waals surface area contributed by atoms with Crippen molar-refractivity contribution in [1.82, 2.24) is 4.90 Å². The number of likely N-dealkylation sites (tertiary alicyclic amines) is 1. The highest BCUT2D eigenvalue weighted by Crippen LogP contribution is 2.24. The summed E-state index contributed by atoms with van der Waals surface area (Å²) in [5.41, 5.74) is 1.65. The molecular weight excluding hydrogens is 252 g/mol. The first kappa shape index (κ1) is 14.5. The summed E-state index contributed by atoms with van der Waals surface area (Å²) in [7, 11) is 1.64. The number of nitriles is 1. The minimum absolute atomic E-state index is 0.147. The van der Waals surface area contributed by atoms with E-state index in [4.69, 9.17) is 10.00 Å². The van der Waals surface area contributed by atoms with Crippen molar-refractivity contribution in [3.8, 4) is 11.8 Å². The Bertz CT molecular complexity index is 534. The molecule has 1 aromatic rings. The second-order valence-corrected chi connectivity index (χ2v) is 5.32. The lowest BCUT2D eigenvalue weighted by Gasteiger charge is -2.31. The van der Waals surface area contributed by atoms with Crippen LogP contribution >= 0.6 is 0 Å². The molecule has 1 atom stereocenters. The molecular formula is C16H20N2O2. The van der Waals surface area contributed by atoms with Crippen molar-refractivity contribution in [3.63, 3.8) is 0 Å². The van der Waals surface area contributed by atoms with Gasteiger partial charge in [0.25, 0.3) is 0 Å². The van der Waals surface area contributed by atoms with Gasteiger partial charge in [-0.3, -0.25) is 9.69 Å². The molecule has 0 N–H and O–H groups in total. The zero-order valence-electron chi connectivity index (χ0n) is 12.1. The summed E-state index contributed by atoms with van der Waals surface area (Å²) in [5, 5.41) is 9.00. The number of methoxy groups -OCH3 is 1. The molecule has 1 aromatic carbocycles. The zero-order chi connectivity index (χ0) is 14.5. The van der Waals surface area contributed by atoms with Crippen LogP contribution in [0.5, 0.6) is 5.75 Å². The molecule has 4 nitrogen and oxygen atoms in total. The SMILES string of the molecule is COc1ccc(C#N)cc1CN1CCCC(C(C)=O)C1. The first-order chi connectivity index (χ1) is 9.63. The number of ether oxygens (including phenoxy) is 1. The molecule has 2 rings (SSSR count). The van der Waals surface area contributed by atoms with Gasteiger partial charge in [0.2, 0.25) is 0 Å². The quantitative estimate of drug-likeness (QED) is 0.844. The van der Waals surface area contributed by atoms with Crippen molar-refractivity contribution in [3.05, 3.63) is 29.3 Å². The number of ketones is 1. The Morgan fingerprint density at radius 3 is 3.00 bits per heavy atom. The van der Waals surface area contributed by atoms with E-state index in [1.165, 1.54) is 0 Å². The fraction of sp³-hybridized carbons (Fsp3) is 0.500. The van der Waals surface area contributed by atoms with Crippen LogP contribution in [-0.4, -0.2) is 30.9 Å². The maximum absolute atomic E-state index is 11.5. The number of rotatable bonds is 4. The lowest BCUT2D eigenvalue weighted by molar-refractivity contribution is -0.122. The molecule has 4 heteroatoms. The zero-order valence-corrected chi connectivity index (χ0v) is 12.1. The molecule has 106 valence electrons. The van der Waals surface area contributed by atoms with Gasteiger partial charge >= 0.3 is 0 Å². The van der Waals surface area contributed by atoms with Crippen molar-refractivity contribution in [2.24, 2.45) is 5.92 Å². The maximum Gasteiger partial charge on any atom is 0.134 e. The number of benzene rings is 1. The second kappa shape index (κ2) is 6.53. The van der Waals surface area contributed by atoms with Gasteiger partial charge in [0.05, 0.1) is 18.7 Å². The van der Waals surface area contributed by atoms with E-state index in [1.807, 2.05) is 12.1 Å². The highest BCUT2D eigenvalue weighted by atomic mass is 16.5. The molecule has 1 saturated heterocycles. The van der Waals surface area contributed by atoms with Crippen LogP contribution in [0.3, 0.4) is 0 Å². The predicted molar refractivity (Wildman–Crippen MR) is 76.4 cm³/mol. The topological polar surface area (TPSA) is 53.3 Å². The molecule has 0 spiro atoms. The number of hydrogen-bond donors (Lipinski definition) is 0. The average Bonchev–Trinajstić information content (AvgIpc) is 2.47. The normalized spacial score (nSPS) is 19.4. The monoisotopic (exact) mass is 272 g/mol. The molecule has 0 aromatic heterocycles. The minimum atomic E-state index is 0.147. The van der Waals surface area contributed by atoms with E-state index in [2.05, 4.69) is 11.0 Å². The van der Waals surface area contributed by atoms with E-state index in [0.717, 1.165) is 43.8 Å². The highest BCUT2D eigenvalue weighted by molar-refractivity contribution is 5.78. The van der Waals surface area contributed by atoms with Crippen molar-refractivity contribution >= 4 is 5.78 Å². The average molecular weight is 272 g/mol. The van der Waals surface area contributed by atoms with Crippen LogP contribution in [0.25, 0.3) is 0 Å². The Labute approximate surface area is 120 Å². The molecule has 0 radical (unpaired) electrons. The number of Topliss-reactive ketones (excluding diaryl/α,β-unsaturated/α-hetero) is 1. The van der Waals surface area contributed by atoms with Gasteiger partial charge in [-0.1, -0.05) is 0 Å². The third-order valence-corrected chi connectivity index (χ3v) is 3.88. The summed E-state index contributed by atoms with van der Waals surface area (Å²) in [5.74, 6) is 1.22. The van der Waals surface area contributed by atoms with E-state index < -0.39 is 0 Å². The van der Waals surface area contributed by atoms with E-state index in [-0.39, 0.29) is 11.7 Å². The smallest absolute Gasteiger partial charge is 0.134 e. The molecule has 1 aliphatic rings. The number of piperidine rings is 1. The number of carbonyl (C=O) groups is 1. The third-order valence-electron chi connectivity index (χ3n) is 3.88. The minimum Gasteiger partial charge on any atom is -0.496 e. The van der Waals surface area contributed by atoms with E-state index >= 15 is 0 Å². The lowest BCUT2D eigenvalue weighted by atomic mass is 9.94. The Morgan fingerprint density at radius 2 is 2.35 bits per heavy atom. The molecule has 0 bridgehead atoms. The Kier molecular flexibility index (Phi) is 4.75. The fourth-order valence-corrected chi connectivity index (χ4v) is 2.74. The van der Waals surface area contributed by atoms with Crippen molar-refractivity contribution < 1.29 is 9.53 Å². The number of hydrogen-bond acceptors (Lipinski definition) is 4. The fourth-order valence-electron chi connectivity index (χ4n) is 2.74. The van der Waals surface area contributed by atoms with Crippen molar-refractivity contribution in [2.45, 2.75) is 26.3 Å². The Hall–Kier alpha value is -1.86. The molecule has 1 fully saturated rings. The highest BCUT2D eigenvalue weighted by Gasteiger charge is 2.23. The number of carbonyl (C=O) groups excluding carboxylic acids is 1. The summed E-state index contributed by atoms with van der Waals surface area (Å²) in [4.78, 5) is 13.8. The van der Waals surface area contributed by atoms with Gasteiger partial charge in [-0.25, -0.2) is 0 Å². The standard InChI is InChI=1S/C16H20N2O2/c1-12(19)14-4-3-7-18(10-14)11-15-8-13(9-17)5-6-16(15)20-2/h5-6,8,14H,3-4,7,10-11H2,1-2H3. The van der Waals surface area contributed by atoms with Crippen molar-refractivity contribution in [2.75, 3.05) is 20.2 Å². The van der Waals surface area contributed by atoms with Crippen molar-refractivity contribution in [1.29, 1.82) is 5.26 Å². The van der Waals surface area contributed by atoms with E-state index in [9.17, 15) is 4.79 Å². The summed E-state index contributed by atoms with van der Waals surface area (Å²) >= 11 is 0. The molecule has 0 saturated carbocycles. The number of nitrogens with zero attached hydrogens (tertiary/aromatic N) is 2. The van der Waals surface area contributed by atoms with Crippen LogP contribution in [0.1, 0.15) is 30.9 Å². The largest absolute Gasteiger partial charge is 0.496 e. The molecule has 0 aliphatic carbocycles. The van der Waals surface area contributed by atoms with Crippen LogP contribution in [0, 0.1) is 17.2 Å². The van der Waals surface area contributed by atoms with Crippen LogP contribution in [0.2, 0.25) is 0 Å². The lowest BCUT2D eigenvalue weighted by Crippen LogP contribution is -2.37. The van der Waals surface area contributed by atoms with Crippen LogP contribution < -0.4 is 4.74 Å². The summed E-state index contributed by atoms with van der Waals surface area (Å²) in [6, 6.07) is 7.62. The third kappa shape index (κ3) is 3.37. The van der Waals surface area contributed by atoms with Gasteiger partial charge in [0, 0.05) is 24.6 Å². The van der Waals surface area contributed by atoms with Gasteiger partial charge in [-0.15, -0.1) is 0 Å². The summed E-state index contributed by atoms with van der Waals surface area (Å²) in [6.45, 7) is 4.19. The van der Waals surface area contributed by atoms with E-state index in [1.54, 1.807) is 20.1 Å². The van der Waals surface area contributed by atoms with Gasteiger partial charge < -0.3 is 4.74 Å². The van der Waals surface area contributed by atoms with Crippen LogP contribution in [-0.2, 0) is 11.3 Å². The van der Waals surface area contributed by atoms with Gasteiger partial charge in [-0.2, -0.15) is 5.26 Å². The summed E-state index contributed by atoms with van der Waals surface area (Å²) < 4.78 is 5.36. The summed E-state index contributed by atoms with van der Waals surface area (Å²) in [6.07, 6.45) is 2.03. The van der Waals surface area contributed by atoms with Gasteiger partial charge in [0.15, 0.2) is 0 Å². The van der Waals surface area contributed by atoms with Gasteiger partial charge in [0.1, 0.15) is 11.5 Å². The Balaban J connectivity index is 2.12. The maximum atomic E-state index is 11.5.